The third-order valence-electron chi connectivity index (χ3n) is 5.18. The van der Waals surface area contributed by atoms with Crippen LogP contribution in [0.5, 0.6) is 0 Å². The smallest absolute Gasteiger partial charge is 0.235 e. The molecule has 26 heavy (non-hydrogen) atoms. The third kappa shape index (κ3) is 3.60. The second-order valence-electron chi connectivity index (χ2n) is 6.89. The standard InChI is InChI=1S/C20H24N2O3S/c1-22(26(2,24)25)18-12-8-11-17(15-18)21-19(23)20(13-6-7-14-20)16-9-4-3-5-10-16/h3-5,8-12,15H,6-7,13-14H2,1-2H3,(H,21,23). The number of hydrogen-bond donors (Lipinski definition) is 1. The Bertz CT molecular complexity index is 888. The maximum absolute atomic E-state index is 13.2. The van der Waals surface area contributed by atoms with Crippen LogP contribution in [0, 0.1) is 0 Å². The first-order valence-electron chi connectivity index (χ1n) is 8.74. The summed E-state index contributed by atoms with van der Waals surface area (Å²) in [5.74, 6) is -0.0274. The normalized spacial score (nSPS) is 16.2. The van der Waals surface area contributed by atoms with Gasteiger partial charge >= 0.3 is 0 Å². The molecular formula is C20H24N2O3S. The Morgan fingerprint density at radius 1 is 1.04 bits per heavy atom. The van der Waals surface area contributed by atoms with Gasteiger partial charge in [-0.1, -0.05) is 49.2 Å². The molecule has 0 radical (unpaired) electrons. The van der Waals surface area contributed by atoms with Crippen molar-refractivity contribution in [3.05, 3.63) is 60.2 Å². The van der Waals surface area contributed by atoms with Gasteiger partial charge in [0.1, 0.15) is 0 Å². The summed E-state index contributed by atoms with van der Waals surface area (Å²) < 4.78 is 24.7. The first-order chi connectivity index (χ1) is 12.3. The molecule has 138 valence electrons. The Kier molecular flexibility index (Phi) is 5.05. The van der Waals surface area contributed by atoms with Crippen LogP contribution in [-0.2, 0) is 20.2 Å². The molecule has 0 aliphatic heterocycles. The van der Waals surface area contributed by atoms with Crippen molar-refractivity contribution in [1.82, 2.24) is 0 Å². The molecule has 1 N–H and O–H groups in total. The molecule has 1 saturated carbocycles. The summed E-state index contributed by atoms with van der Waals surface area (Å²) >= 11 is 0. The lowest BCUT2D eigenvalue weighted by molar-refractivity contribution is -0.121. The van der Waals surface area contributed by atoms with Gasteiger partial charge in [0.25, 0.3) is 0 Å². The zero-order valence-corrected chi connectivity index (χ0v) is 15.9. The number of amides is 1. The van der Waals surface area contributed by atoms with Crippen molar-refractivity contribution in [1.29, 1.82) is 0 Å². The summed E-state index contributed by atoms with van der Waals surface area (Å²) in [6, 6.07) is 16.8. The highest BCUT2D eigenvalue weighted by Crippen LogP contribution is 2.42. The second kappa shape index (κ2) is 7.11. The first kappa shape index (κ1) is 18.5. The lowest BCUT2D eigenvalue weighted by Crippen LogP contribution is -2.38. The van der Waals surface area contributed by atoms with Gasteiger partial charge in [0.05, 0.1) is 17.4 Å². The first-order valence-corrected chi connectivity index (χ1v) is 10.6. The molecule has 1 fully saturated rings. The number of carbonyl (C=O) groups excluding carboxylic acids is 1. The highest BCUT2D eigenvalue weighted by Gasteiger charge is 2.42. The molecule has 0 bridgehead atoms. The Morgan fingerprint density at radius 3 is 2.31 bits per heavy atom. The number of hydrogen-bond acceptors (Lipinski definition) is 3. The average Bonchev–Trinajstić information content (AvgIpc) is 3.12. The van der Waals surface area contributed by atoms with E-state index >= 15 is 0 Å². The maximum atomic E-state index is 13.2. The minimum absolute atomic E-state index is 0.0274. The van der Waals surface area contributed by atoms with Gasteiger partial charge in [-0.3, -0.25) is 9.10 Å². The Labute approximate surface area is 155 Å². The third-order valence-corrected chi connectivity index (χ3v) is 6.39. The molecule has 0 spiro atoms. The summed E-state index contributed by atoms with van der Waals surface area (Å²) in [4.78, 5) is 13.2. The van der Waals surface area contributed by atoms with Gasteiger partial charge in [-0.15, -0.1) is 0 Å². The van der Waals surface area contributed by atoms with E-state index in [2.05, 4.69) is 5.32 Å². The average molecular weight is 372 g/mol. The fourth-order valence-corrected chi connectivity index (χ4v) is 4.10. The van der Waals surface area contributed by atoms with Gasteiger partial charge in [0, 0.05) is 12.7 Å². The van der Waals surface area contributed by atoms with E-state index in [0.717, 1.165) is 37.5 Å². The highest BCUT2D eigenvalue weighted by molar-refractivity contribution is 7.92. The minimum atomic E-state index is -3.35. The second-order valence-corrected chi connectivity index (χ2v) is 8.90. The SMILES string of the molecule is CN(c1cccc(NC(=O)C2(c3ccccc3)CCCC2)c1)S(C)(=O)=O. The number of nitrogens with zero attached hydrogens (tertiary/aromatic N) is 1. The predicted molar refractivity (Wildman–Crippen MR) is 105 cm³/mol. The summed E-state index contributed by atoms with van der Waals surface area (Å²) in [6.45, 7) is 0. The zero-order valence-electron chi connectivity index (χ0n) is 15.1. The van der Waals surface area contributed by atoms with E-state index in [1.165, 1.54) is 11.4 Å². The number of nitrogens with one attached hydrogen (secondary N) is 1. The van der Waals surface area contributed by atoms with Crippen molar-refractivity contribution in [2.75, 3.05) is 22.9 Å². The fourth-order valence-electron chi connectivity index (χ4n) is 3.60. The number of sulfonamides is 1. The molecular weight excluding hydrogens is 348 g/mol. The summed E-state index contributed by atoms with van der Waals surface area (Å²) in [5, 5.41) is 3.01. The highest BCUT2D eigenvalue weighted by atomic mass is 32.2. The van der Waals surface area contributed by atoms with E-state index < -0.39 is 15.4 Å². The van der Waals surface area contributed by atoms with Gasteiger partial charge in [0.15, 0.2) is 0 Å². The van der Waals surface area contributed by atoms with Gasteiger partial charge in [-0.05, 0) is 36.6 Å². The van der Waals surface area contributed by atoms with Crippen LogP contribution in [0.15, 0.2) is 54.6 Å². The van der Waals surface area contributed by atoms with Gasteiger partial charge < -0.3 is 5.32 Å². The van der Waals surface area contributed by atoms with E-state index in [1.54, 1.807) is 24.3 Å². The number of anilines is 2. The Morgan fingerprint density at radius 2 is 1.69 bits per heavy atom. The molecule has 2 aromatic rings. The van der Waals surface area contributed by atoms with E-state index in [0.29, 0.717) is 11.4 Å². The molecule has 1 amide bonds. The molecule has 0 aromatic heterocycles. The summed E-state index contributed by atoms with van der Waals surface area (Å²) in [7, 11) is -1.85. The number of carbonyl (C=O) groups is 1. The predicted octanol–water partition coefficient (Wildman–Crippen LogP) is 3.53. The van der Waals surface area contributed by atoms with Crippen LogP contribution in [0.2, 0.25) is 0 Å². The van der Waals surface area contributed by atoms with Crippen LogP contribution in [0.25, 0.3) is 0 Å². The zero-order chi connectivity index (χ0) is 18.8. The van der Waals surface area contributed by atoms with Gasteiger partial charge in [-0.25, -0.2) is 8.42 Å². The topological polar surface area (TPSA) is 66.5 Å². The van der Waals surface area contributed by atoms with Crippen LogP contribution >= 0.6 is 0 Å². The quantitative estimate of drug-likeness (QED) is 0.873. The molecule has 6 heteroatoms. The van der Waals surface area contributed by atoms with Crippen molar-refractivity contribution in [3.63, 3.8) is 0 Å². The molecule has 1 aliphatic rings. The van der Waals surface area contributed by atoms with Gasteiger partial charge in [0.2, 0.25) is 15.9 Å². The van der Waals surface area contributed by atoms with Crippen LogP contribution < -0.4 is 9.62 Å². The molecule has 0 unspecified atom stereocenters. The molecule has 5 nitrogen and oxygen atoms in total. The molecule has 0 heterocycles. The number of benzene rings is 2. The van der Waals surface area contributed by atoms with Crippen LogP contribution in [-0.4, -0.2) is 27.6 Å². The Hall–Kier alpha value is -2.34. The van der Waals surface area contributed by atoms with Crippen LogP contribution in [0.4, 0.5) is 11.4 Å². The molecule has 1 aliphatic carbocycles. The molecule has 2 aromatic carbocycles. The lowest BCUT2D eigenvalue weighted by atomic mass is 9.78. The lowest BCUT2D eigenvalue weighted by Gasteiger charge is -2.28. The monoisotopic (exact) mass is 372 g/mol. The summed E-state index contributed by atoms with van der Waals surface area (Å²) in [5.41, 5.74) is 1.65. The largest absolute Gasteiger partial charge is 0.325 e. The van der Waals surface area contributed by atoms with Crippen molar-refractivity contribution in [3.8, 4) is 0 Å². The van der Waals surface area contributed by atoms with E-state index in [-0.39, 0.29) is 5.91 Å². The van der Waals surface area contributed by atoms with Crippen LogP contribution in [0.1, 0.15) is 31.2 Å². The molecule has 3 rings (SSSR count). The molecule has 0 atom stereocenters. The van der Waals surface area contributed by atoms with Gasteiger partial charge in [-0.2, -0.15) is 0 Å². The van der Waals surface area contributed by atoms with Crippen molar-refractivity contribution >= 4 is 27.3 Å². The minimum Gasteiger partial charge on any atom is -0.325 e. The van der Waals surface area contributed by atoms with Crippen LogP contribution in [0.3, 0.4) is 0 Å². The maximum Gasteiger partial charge on any atom is 0.235 e. The van der Waals surface area contributed by atoms with E-state index in [9.17, 15) is 13.2 Å². The van der Waals surface area contributed by atoms with Crippen molar-refractivity contribution < 1.29 is 13.2 Å². The van der Waals surface area contributed by atoms with E-state index in [1.807, 2.05) is 30.3 Å². The fraction of sp³-hybridized carbons (Fsp3) is 0.350. The van der Waals surface area contributed by atoms with E-state index in [4.69, 9.17) is 0 Å². The van der Waals surface area contributed by atoms with Crippen molar-refractivity contribution in [2.45, 2.75) is 31.1 Å². The summed E-state index contributed by atoms with van der Waals surface area (Å²) in [6.07, 6.45) is 4.86. The Balaban J connectivity index is 1.87. The van der Waals surface area contributed by atoms with Crippen molar-refractivity contribution in [2.24, 2.45) is 0 Å². The number of rotatable bonds is 5. The molecule has 0 saturated heterocycles.